The van der Waals surface area contributed by atoms with Crippen molar-refractivity contribution in [1.29, 1.82) is 0 Å². The Balaban J connectivity index is 1.62. The van der Waals surface area contributed by atoms with E-state index in [-0.39, 0.29) is 11.9 Å². The Labute approximate surface area is 137 Å². The number of aryl methyl sites for hydroxylation is 2. The second-order valence-electron chi connectivity index (χ2n) is 6.26. The van der Waals surface area contributed by atoms with E-state index >= 15 is 0 Å². The van der Waals surface area contributed by atoms with Crippen molar-refractivity contribution < 1.29 is 19.1 Å². The summed E-state index contributed by atoms with van der Waals surface area (Å²) in [6.07, 6.45) is 2.50. The molecule has 1 aromatic heterocycles. The molecule has 130 valence electrons. The minimum atomic E-state index is -0.442. The van der Waals surface area contributed by atoms with E-state index < -0.39 is 6.10 Å². The Hall–Kier alpha value is -1.37. The zero-order valence-electron chi connectivity index (χ0n) is 14.1. The van der Waals surface area contributed by atoms with Gasteiger partial charge in [-0.1, -0.05) is 0 Å². The van der Waals surface area contributed by atoms with E-state index in [9.17, 15) is 9.90 Å². The van der Waals surface area contributed by atoms with Crippen LogP contribution in [0.5, 0.6) is 0 Å². The summed E-state index contributed by atoms with van der Waals surface area (Å²) in [5, 5.41) is 12.8. The molecule has 2 rings (SSSR count). The van der Waals surface area contributed by atoms with Crippen molar-refractivity contribution in [2.24, 2.45) is 0 Å². The number of aliphatic hydroxyl groups excluding tert-OH is 1. The fourth-order valence-corrected chi connectivity index (χ4v) is 2.96. The van der Waals surface area contributed by atoms with Crippen LogP contribution >= 0.6 is 0 Å². The molecule has 0 bridgehead atoms. The number of methoxy groups -OCH3 is 1. The molecule has 1 aromatic rings. The number of β-amino-alcohol motifs (C(OH)–C–C–N with tert-alkyl or cyclic N) is 1. The number of nitrogens with one attached hydrogen (secondary N) is 1. The van der Waals surface area contributed by atoms with Crippen molar-refractivity contribution in [3.8, 4) is 0 Å². The number of amides is 1. The molecule has 0 saturated carbocycles. The second kappa shape index (κ2) is 9.05. The first kappa shape index (κ1) is 18.0. The highest BCUT2D eigenvalue weighted by molar-refractivity contribution is 5.76. The molecule has 1 aliphatic heterocycles. The molecule has 0 aliphatic carbocycles. The lowest BCUT2D eigenvalue weighted by atomic mass is 10.0. The number of nitrogens with zero attached hydrogens (tertiary/aromatic N) is 1. The van der Waals surface area contributed by atoms with Crippen LogP contribution in [-0.2, 0) is 16.0 Å². The Bertz CT molecular complexity index is 481. The third kappa shape index (κ3) is 6.33. The number of furan rings is 1. The van der Waals surface area contributed by atoms with Gasteiger partial charge in [-0.2, -0.15) is 0 Å². The molecule has 0 radical (unpaired) electrons. The maximum atomic E-state index is 12.0. The second-order valence-corrected chi connectivity index (χ2v) is 6.26. The van der Waals surface area contributed by atoms with Crippen molar-refractivity contribution in [3.63, 3.8) is 0 Å². The summed E-state index contributed by atoms with van der Waals surface area (Å²) in [6, 6.07) is 4.07. The monoisotopic (exact) mass is 324 g/mol. The van der Waals surface area contributed by atoms with Gasteiger partial charge >= 0.3 is 0 Å². The normalized spacial score (nSPS) is 18.0. The lowest BCUT2D eigenvalue weighted by Crippen LogP contribution is -2.47. The number of aliphatic hydroxyl groups is 1. The summed E-state index contributed by atoms with van der Waals surface area (Å²) in [4.78, 5) is 14.2. The van der Waals surface area contributed by atoms with Crippen molar-refractivity contribution in [3.05, 3.63) is 23.7 Å². The molecule has 1 saturated heterocycles. The first-order chi connectivity index (χ1) is 11.1. The summed E-state index contributed by atoms with van der Waals surface area (Å²) in [5.74, 6) is 1.82. The van der Waals surface area contributed by atoms with Crippen molar-refractivity contribution in [1.82, 2.24) is 10.2 Å². The van der Waals surface area contributed by atoms with Crippen LogP contribution < -0.4 is 5.32 Å². The van der Waals surface area contributed by atoms with Gasteiger partial charge in [0.05, 0.1) is 12.7 Å². The van der Waals surface area contributed by atoms with Gasteiger partial charge in [-0.3, -0.25) is 4.79 Å². The van der Waals surface area contributed by atoms with Gasteiger partial charge in [-0.15, -0.1) is 0 Å². The van der Waals surface area contributed by atoms with E-state index in [1.54, 1.807) is 7.11 Å². The fraction of sp³-hybridized carbons (Fsp3) is 0.706. The van der Waals surface area contributed by atoms with Crippen LogP contribution in [0.25, 0.3) is 0 Å². The van der Waals surface area contributed by atoms with Crippen LogP contribution in [0.15, 0.2) is 16.5 Å². The molecule has 2 N–H and O–H groups in total. The third-order valence-corrected chi connectivity index (χ3v) is 4.18. The highest BCUT2D eigenvalue weighted by atomic mass is 16.5. The number of carbonyl (C=O) groups excluding carboxylic acids is 1. The van der Waals surface area contributed by atoms with Gasteiger partial charge in [-0.25, -0.2) is 0 Å². The first-order valence-corrected chi connectivity index (χ1v) is 8.31. The number of hydrogen-bond acceptors (Lipinski definition) is 5. The molecule has 1 amide bonds. The zero-order chi connectivity index (χ0) is 16.7. The van der Waals surface area contributed by atoms with Crippen LogP contribution in [0, 0.1) is 6.92 Å². The molecule has 1 fully saturated rings. The molecule has 1 atom stereocenters. The minimum Gasteiger partial charge on any atom is -0.466 e. The number of piperidine rings is 1. The molecular weight excluding hydrogens is 296 g/mol. The summed E-state index contributed by atoms with van der Waals surface area (Å²) in [5.41, 5.74) is 0. The molecule has 0 spiro atoms. The highest BCUT2D eigenvalue weighted by Crippen LogP contribution is 2.12. The first-order valence-electron chi connectivity index (χ1n) is 8.31. The van der Waals surface area contributed by atoms with Crippen LogP contribution in [-0.4, -0.2) is 61.4 Å². The predicted octanol–water partition coefficient (Wildman–Crippen LogP) is 1.11. The minimum absolute atomic E-state index is 0.0805. The largest absolute Gasteiger partial charge is 0.466 e. The summed E-state index contributed by atoms with van der Waals surface area (Å²) in [6.45, 7) is 4.68. The molecule has 0 aromatic carbocycles. The Morgan fingerprint density at radius 3 is 2.83 bits per heavy atom. The van der Waals surface area contributed by atoms with Crippen molar-refractivity contribution >= 4 is 5.91 Å². The molecular formula is C17H28N2O4. The van der Waals surface area contributed by atoms with Gasteiger partial charge in [0.25, 0.3) is 0 Å². The third-order valence-electron chi connectivity index (χ3n) is 4.18. The Kier molecular flexibility index (Phi) is 7.08. The lowest BCUT2D eigenvalue weighted by molar-refractivity contribution is -0.122. The topological polar surface area (TPSA) is 74.9 Å². The van der Waals surface area contributed by atoms with Crippen LogP contribution in [0.4, 0.5) is 0 Å². The highest BCUT2D eigenvalue weighted by Gasteiger charge is 2.22. The Morgan fingerprint density at radius 2 is 2.22 bits per heavy atom. The maximum absolute atomic E-state index is 12.0. The van der Waals surface area contributed by atoms with Crippen LogP contribution in [0.2, 0.25) is 0 Å². The average molecular weight is 324 g/mol. The quantitative estimate of drug-likeness (QED) is 0.749. The zero-order valence-corrected chi connectivity index (χ0v) is 14.1. The van der Waals surface area contributed by atoms with E-state index in [1.165, 1.54) is 0 Å². The number of likely N-dealkylation sites (tertiary alicyclic amines) is 1. The van der Waals surface area contributed by atoms with E-state index in [4.69, 9.17) is 9.15 Å². The van der Waals surface area contributed by atoms with Crippen molar-refractivity contribution in [2.45, 2.75) is 44.8 Å². The van der Waals surface area contributed by atoms with Gasteiger partial charge < -0.3 is 24.5 Å². The lowest BCUT2D eigenvalue weighted by Gasteiger charge is -2.33. The average Bonchev–Trinajstić information content (AvgIpc) is 2.93. The van der Waals surface area contributed by atoms with Gasteiger partial charge in [0.15, 0.2) is 0 Å². The standard InChI is InChI=1S/C17H28N2O4/c1-13-3-4-16(23-13)5-6-17(21)18-14-7-9-19(10-8-14)11-15(20)12-22-2/h3-4,14-15,20H,5-12H2,1-2H3,(H,18,21). The van der Waals surface area contributed by atoms with Gasteiger partial charge in [0, 0.05) is 45.6 Å². The summed E-state index contributed by atoms with van der Waals surface area (Å²) in [7, 11) is 1.59. The smallest absolute Gasteiger partial charge is 0.220 e. The molecule has 2 heterocycles. The van der Waals surface area contributed by atoms with E-state index in [0.717, 1.165) is 37.5 Å². The van der Waals surface area contributed by atoms with E-state index in [1.807, 2.05) is 19.1 Å². The van der Waals surface area contributed by atoms with Gasteiger partial charge in [0.2, 0.25) is 5.91 Å². The Morgan fingerprint density at radius 1 is 1.48 bits per heavy atom. The number of carbonyl (C=O) groups is 1. The maximum Gasteiger partial charge on any atom is 0.220 e. The predicted molar refractivity (Wildman–Crippen MR) is 87.3 cm³/mol. The van der Waals surface area contributed by atoms with Gasteiger partial charge in [-0.05, 0) is 31.9 Å². The molecule has 6 heteroatoms. The number of hydrogen-bond donors (Lipinski definition) is 2. The molecule has 1 unspecified atom stereocenters. The summed E-state index contributed by atoms with van der Waals surface area (Å²) < 4.78 is 10.4. The molecule has 1 aliphatic rings. The van der Waals surface area contributed by atoms with E-state index in [2.05, 4.69) is 10.2 Å². The van der Waals surface area contributed by atoms with Crippen LogP contribution in [0.3, 0.4) is 0 Å². The fourth-order valence-electron chi connectivity index (χ4n) is 2.96. The number of rotatable bonds is 8. The number of ether oxygens (including phenoxy) is 1. The summed E-state index contributed by atoms with van der Waals surface area (Å²) >= 11 is 0. The van der Waals surface area contributed by atoms with Gasteiger partial charge in [0.1, 0.15) is 11.5 Å². The SMILES string of the molecule is COCC(O)CN1CCC(NC(=O)CCc2ccc(C)o2)CC1. The molecule has 6 nitrogen and oxygen atoms in total. The van der Waals surface area contributed by atoms with Crippen LogP contribution in [0.1, 0.15) is 30.8 Å². The van der Waals surface area contributed by atoms with Crippen molar-refractivity contribution in [2.75, 3.05) is 33.4 Å². The van der Waals surface area contributed by atoms with E-state index in [0.29, 0.717) is 26.0 Å². The molecule has 23 heavy (non-hydrogen) atoms.